The first-order valence-electron chi connectivity index (χ1n) is 7.85. The van der Waals surface area contributed by atoms with E-state index in [2.05, 4.69) is 23.1 Å². The molecule has 6 heteroatoms. The summed E-state index contributed by atoms with van der Waals surface area (Å²) in [7, 11) is 1.93. The second-order valence-corrected chi connectivity index (χ2v) is 6.45. The van der Waals surface area contributed by atoms with Gasteiger partial charge in [0.2, 0.25) is 0 Å². The molecule has 0 saturated carbocycles. The molecule has 0 aromatic heterocycles. The molecule has 0 amide bonds. The van der Waals surface area contributed by atoms with E-state index in [0.29, 0.717) is 18.7 Å². The molecule has 1 aromatic carbocycles. The van der Waals surface area contributed by atoms with E-state index in [0.717, 1.165) is 5.57 Å². The minimum atomic E-state index is -1.66. The van der Waals surface area contributed by atoms with Crippen molar-refractivity contribution in [2.45, 2.75) is 5.92 Å². The molecule has 0 radical (unpaired) electrons. The van der Waals surface area contributed by atoms with E-state index in [4.69, 9.17) is 5.73 Å². The third-order valence-electron chi connectivity index (χ3n) is 5.08. The lowest BCUT2D eigenvalue weighted by molar-refractivity contribution is 0.237. The van der Waals surface area contributed by atoms with Crippen molar-refractivity contribution in [1.29, 1.82) is 15.8 Å². The summed E-state index contributed by atoms with van der Waals surface area (Å²) in [6.07, 6.45) is 1.93. The quantitative estimate of drug-likeness (QED) is 0.849. The predicted molar refractivity (Wildman–Crippen MR) is 88.7 cm³/mol. The summed E-state index contributed by atoms with van der Waals surface area (Å²) >= 11 is 0. The van der Waals surface area contributed by atoms with Crippen LogP contribution in [0.4, 0.5) is 4.39 Å². The molecule has 124 valence electrons. The summed E-state index contributed by atoms with van der Waals surface area (Å²) < 4.78 is 13.4. The average Bonchev–Trinajstić information content (AvgIpc) is 2.62. The summed E-state index contributed by atoms with van der Waals surface area (Å²) in [6.45, 7) is 1.24. The zero-order chi connectivity index (χ0) is 18.2. The Hall–Kier alpha value is -3.14. The Bertz CT molecular complexity index is 878. The second-order valence-electron chi connectivity index (χ2n) is 6.45. The highest BCUT2D eigenvalue weighted by Gasteiger charge is 2.54. The smallest absolute Gasteiger partial charge is 0.191 e. The van der Waals surface area contributed by atoms with Gasteiger partial charge in [0.15, 0.2) is 5.41 Å². The molecule has 1 heterocycles. The number of hydrogen-bond donors (Lipinski definition) is 1. The number of nitrogens with two attached hydrogens (primary N) is 1. The monoisotopic (exact) mass is 333 g/mol. The lowest BCUT2D eigenvalue weighted by Gasteiger charge is -2.45. The number of halogens is 1. The van der Waals surface area contributed by atoms with Crippen LogP contribution < -0.4 is 5.73 Å². The van der Waals surface area contributed by atoms with Gasteiger partial charge >= 0.3 is 0 Å². The third-order valence-corrected chi connectivity index (χ3v) is 5.08. The molecule has 5 nitrogen and oxygen atoms in total. The number of nitriles is 3. The van der Waals surface area contributed by atoms with Crippen molar-refractivity contribution in [3.8, 4) is 18.2 Å². The van der Waals surface area contributed by atoms with Gasteiger partial charge in [0.1, 0.15) is 11.9 Å². The fourth-order valence-electron chi connectivity index (χ4n) is 3.87. The van der Waals surface area contributed by atoms with E-state index >= 15 is 0 Å². The maximum atomic E-state index is 13.4. The molecule has 1 aliphatic carbocycles. The first-order valence-corrected chi connectivity index (χ1v) is 7.85. The Morgan fingerprint density at radius 1 is 1.20 bits per heavy atom. The van der Waals surface area contributed by atoms with E-state index in [1.165, 1.54) is 12.1 Å². The molecule has 2 aliphatic rings. The largest absolute Gasteiger partial charge is 0.399 e. The van der Waals surface area contributed by atoms with Crippen LogP contribution in [0.25, 0.3) is 0 Å². The van der Waals surface area contributed by atoms with E-state index in [-0.39, 0.29) is 17.2 Å². The molecule has 2 N–H and O–H groups in total. The molecular weight excluding hydrogens is 317 g/mol. The number of fused-ring (bicyclic) bond motifs is 1. The number of nitrogens with zero attached hydrogens (tertiary/aromatic N) is 4. The van der Waals surface area contributed by atoms with Crippen molar-refractivity contribution >= 4 is 0 Å². The maximum absolute atomic E-state index is 13.4. The highest BCUT2D eigenvalue weighted by Crippen LogP contribution is 2.53. The van der Waals surface area contributed by atoms with Gasteiger partial charge in [-0.2, -0.15) is 15.8 Å². The third kappa shape index (κ3) is 2.38. The molecule has 1 aliphatic heterocycles. The van der Waals surface area contributed by atoms with Crippen LogP contribution in [0.2, 0.25) is 0 Å². The topological polar surface area (TPSA) is 101 Å². The molecule has 25 heavy (non-hydrogen) atoms. The molecule has 0 saturated heterocycles. The van der Waals surface area contributed by atoms with E-state index in [1.807, 2.05) is 13.1 Å². The van der Waals surface area contributed by atoms with Crippen LogP contribution in [0.1, 0.15) is 11.5 Å². The fourth-order valence-corrected chi connectivity index (χ4v) is 3.87. The summed E-state index contributed by atoms with van der Waals surface area (Å²) in [5, 5.41) is 29.3. The van der Waals surface area contributed by atoms with Crippen LogP contribution in [0.3, 0.4) is 0 Å². The predicted octanol–water partition coefficient (Wildman–Crippen LogP) is 2.18. The number of rotatable bonds is 1. The van der Waals surface area contributed by atoms with Crippen LogP contribution in [0.5, 0.6) is 0 Å². The van der Waals surface area contributed by atoms with E-state index in [1.54, 1.807) is 12.1 Å². The Labute approximate surface area is 145 Å². The lowest BCUT2D eigenvalue weighted by Crippen LogP contribution is -2.47. The van der Waals surface area contributed by atoms with Gasteiger partial charge < -0.3 is 10.6 Å². The highest BCUT2D eigenvalue weighted by molar-refractivity contribution is 5.59. The number of benzene rings is 1. The molecule has 3 rings (SSSR count). The van der Waals surface area contributed by atoms with Gasteiger partial charge in [0.25, 0.3) is 0 Å². The minimum Gasteiger partial charge on any atom is -0.399 e. The van der Waals surface area contributed by atoms with Crippen LogP contribution >= 0.6 is 0 Å². The molecule has 0 fully saturated rings. The summed E-state index contributed by atoms with van der Waals surface area (Å²) in [5.74, 6) is -1.21. The van der Waals surface area contributed by atoms with Crippen LogP contribution in [0.15, 0.2) is 47.2 Å². The van der Waals surface area contributed by atoms with Crippen molar-refractivity contribution in [2.24, 2.45) is 17.1 Å². The van der Waals surface area contributed by atoms with Crippen LogP contribution in [0, 0.1) is 51.1 Å². The maximum Gasteiger partial charge on any atom is 0.191 e. The zero-order valence-corrected chi connectivity index (χ0v) is 13.7. The van der Waals surface area contributed by atoms with Crippen LogP contribution in [-0.2, 0) is 0 Å². The lowest BCUT2D eigenvalue weighted by atomic mass is 9.58. The van der Waals surface area contributed by atoms with Crippen molar-refractivity contribution in [2.75, 3.05) is 20.1 Å². The summed E-state index contributed by atoms with van der Waals surface area (Å²) in [4.78, 5) is 2.06. The Morgan fingerprint density at radius 3 is 2.40 bits per heavy atom. The van der Waals surface area contributed by atoms with Gasteiger partial charge in [-0.15, -0.1) is 0 Å². The van der Waals surface area contributed by atoms with Crippen LogP contribution in [-0.4, -0.2) is 25.0 Å². The van der Waals surface area contributed by atoms with E-state index < -0.39 is 17.2 Å². The number of hydrogen-bond acceptors (Lipinski definition) is 5. The van der Waals surface area contributed by atoms with Crippen molar-refractivity contribution < 1.29 is 4.39 Å². The Kier molecular flexibility index (Phi) is 4.05. The molecule has 2 atom stereocenters. The zero-order valence-electron chi connectivity index (χ0n) is 13.7. The first kappa shape index (κ1) is 16.7. The van der Waals surface area contributed by atoms with Gasteiger partial charge in [-0.05, 0) is 30.3 Å². The number of allylic oxidation sites excluding steroid dienone is 2. The average molecular weight is 333 g/mol. The summed E-state index contributed by atoms with van der Waals surface area (Å²) in [5.41, 5.74) is 6.15. The van der Waals surface area contributed by atoms with Gasteiger partial charge in [-0.3, -0.25) is 0 Å². The Balaban J connectivity index is 2.32. The molecule has 0 unspecified atom stereocenters. The van der Waals surface area contributed by atoms with Gasteiger partial charge in [0.05, 0.1) is 23.4 Å². The van der Waals surface area contributed by atoms with E-state index in [9.17, 15) is 20.2 Å². The molecular formula is C19H16FN5. The van der Waals surface area contributed by atoms with Gasteiger partial charge in [-0.25, -0.2) is 4.39 Å². The van der Waals surface area contributed by atoms with Gasteiger partial charge in [-0.1, -0.05) is 18.2 Å². The Morgan fingerprint density at radius 2 is 1.84 bits per heavy atom. The minimum absolute atomic E-state index is 0.0126. The molecule has 0 spiro atoms. The van der Waals surface area contributed by atoms with Crippen molar-refractivity contribution in [3.63, 3.8) is 0 Å². The standard InChI is InChI=1S/C19H16FN5/c1-25-7-6-14-15(8-21)18(24)19(10-22,11-23)17(16(14)9-25)12-2-4-13(20)5-3-12/h2-6,16-17H,7,9,24H2,1H3/t16-,17+/m1/s1. The number of likely N-dealkylation sites (N-methyl/N-ethyl adjacent to an activating group) is 1. The fraction of sp³-hybridized carbons (Fsp3) is 0.316. The normalized spacial score (nSPS) is 25.2. The molecule has 0 bridgehead atoms. The first-order chi connectivity index (χ1) is 12.0. The highest BCUT2D eigenvalue weighted by atomic mass is 19.1. The SMILES string of the molecule is CN1CC=C2C(C#N)=C(N)C(C#N)(C#N)[C@@H](c3ccc(F)cc3)[C@@H]2C1. The van der Waals surface area contributed by atoms with Crippen molar-refractivity contribution in [1.82, 2.24) is 4.90 Å². The van der Waals surface area contributed by atoms with Gasteiger partial charge in [0, 0.05) is 24.9 Å². The summed E-state index contributed by atoms with van der Waals surface area (Å²) in [6, 6.07) is 12.0. The second kappa shape index (κ2) is 6.06. The molecule has 1 aromatic rings. The van der Waals surface area contributed by atoms with Crippen molar-refractivity contribution in [3.05, 3.63) is 58.6 Å².